The molecule has 164 valence electrons. The Morgan fingerprint density at radius 2 is 1.81 bits per heavy atom. The molecule has 6 heteroatoms. The number of amides is 1. The predicted molar refractivity (Wildman–Crippen MR) is 130 cm³/mol. The van der Waals surface area contributed by atoms with Crippen LogP contribution in [0.4, 0.5) is 0 Å². The zero-order valence-corrected chi connectivity index (χ0v) is 19.2. The van der Waals surface area contributed by atoms with Crippen LogP contribution >= 0.6 is 11.8 Å². The number of benzene rings is 2. The Kier molecular flexibility index (Phi) is 8.74. The van der Waals surface area contributed by atoms with Crippen LogP contribution in [-0.4, -0.2) is 40.8 Å². The van der Waals surface area contributed by atoms with Crippen LogP contribution in [0.25, 0.3) is 10.9 Å². The summed E-state index contributed by atoms with van der Waals surface area (Å²) < 4.78 is 1.76. The van der Waals surface area contributed by atoms with E-state index < -0.39 is 0 Å². The summed E-state index contributed by atoms with van der Waals surface area (Å²) in [7, 11) is 0. The molecule has 5 nitrogen and oxygen atoms in total. The molecule has 1 heterocycles. The molecule has 2 aromatic carbocycles. The number of thioether (sulfide) groups is 1. The van der Waals surface area contributed by atoms with Crippen molar-refractivity contribution in [3.8, 4) is 0 Å². The summed E-state index contributed by atoms with van der Waals surface area (Å²) in [4.78, 5) is 28.0. The van der Waals surface area contributed by atoms with Crippen LogP contribution < -0.4 is 10.9 Å². The monoisotopic (exact) mass is 437 g/mol. The summed E-state index contributed by atoms with van der Waals surface area (Å²) in [5, 5.41) is 4.03. The molecule has 1 aromatic heterocycles. The van der Waals surface area contributed by atoms with Gasteiger partial charge in [-0.15, -0.1) is 11.8 Å². The smallest absolute Gasteiger partial charge is 0.252 e. The Labute approximate surface area is 188 Å². The zero-order chi connectivity index (χ0) is 22.1. The maximum Gasteiger partial charge on any atom is 0.252 e. The van der Waals surface area contributed by atoms with Crippen molar-refractivity contribution >= 4 is 28.6 Å². The van der Waals surface area contributed by atoms with Gasteiger partial charge in [0.25, 0.3) is 5.56 Å². The van der Waals surface area contributed by atoms with Crippen LogP contribution in [0.1, 0.15) is 25.8 Å². The van der Waals surface area contributed by atoms with Gasteiger partial charge < -0.3 is 9.88 Å². The summed E-state index contributed by atoms with van der Waals surface area (Å²) in [6.07, 6.45) is 0.909. The Bertz CT molecular complexity index is 1050. The minimum Gasteiger partial charge on any atom is -0.355 e. The van der Waals surface area contributed by atoms with Crippen LogP contribution in [0.3, 0.4) is 0 Å². The highest BCUT2D eigenvalue weighted by molar-refractivity contribution is 8.00. The van der Waals surface area contributed by atoms with Crippen molar-refractivity contribution in [1.82, 2.24) is 14.8 Å². The average molecular weight is 438 g/mol. The van der Waals surface area contributed by atoms with E-state index in [1.165, 1.54) is 17.3 Å². The summed E-state index contributed by atoms with van der Waals surface area (Å²) in [6, 6.07) is 20.0. The molecule has 0 radical (unpaired) electrons. The van der Waals surface area contributed by atoms with Crippen LogP contribution in [0, 0.1) is 0 Å². The lowest BCUT2D eigenvalue weighted by atomic mass is 10.2. The molecular formula is C25H31N3O2S. The molecule has 0 aliphatic carbocycles. The number of rotatable bonds is 11. The number of fused-ring (bicyclic) bond motifs is 1. The highest BCUT2D eigenvalue weighted by Gasteiger charge is 2.10. The molecule has 0 spiro atoms. The van der Waals surface area contributed by atoms with E-state index in [0.29, 0.717) is 18.8 Å². The fourth-order valence-electron chi connectivity index (χ4n) is 3.66. The van der Waals surface area contributed by atoms with Gasteiger partial charge in [-0.2, -0.15) is 0 Å². The Balaban J connectivity index is 1.47. The van der Waals surface area contributed by atoms with Crippen molar-refractivity contribution in [3.05, 3.63) is 76.6 Å². The Morgan fingerprint density at radius 3 is 2.55 bits per heavy atom. The molecule has 0 saturated heterocycles. The quantitative estimate of drug-likeness (QED) is 0.362. The maximum absolute atomic E-state index is 12.4. The van der Waals surface area contributed by atoms with Gasteiger partial charge in [0, 0.05) is 42.5 Å². The van der Waals surface area contributed by atoms with Gasteiger partial charge in [0.2, 0.25) is 5.91 Å². The first kappa shape index (κ1) is 23.1. The second-order valence-corrected chi connectivity index (χ2v) is 8.47. The van der Waals surface area contributed by atoms with E-state index in [9.17, 15) is 9.59 Å². The first-order valence-corrected chi connectivity index (χ1v) is 11.9. The first-order valence-electron chi connectivity index (χ1n) is 10.9. The fourth-order valence-corrected chi connectivity index (χ4v) is 4.57. The van der Waals surface area contributed by atoms with Gasteiger partial charge in [0.15, 0.2) is 0 Å². The number of aryl methyl sites for hydroxylation is 1. The first-order chi connectivity index (χ1) is 15.1. The van der Waals surface area contributed by atoms with Crippen LogP contribution in [-0.2, 0) is 17.9 Å². The van der Waals surface area contributed by atoms with Gasteiger partial charge in [0.1, 0.15) is 0 Å². The van der Waals surface area contributed by atoms with E-state index in [0.717, 1.165) is 41.9 Å². The van der Waals surface area contributed by atoms with Gasteiger partial charge in [0.05, 0.1) is 11.3 Å². The second kappa shape index (κ2) is 11.7. The van der Waals surface area contributed by atoms with E-state index in [1.807, 2.05) is 37.3 Å². The lowest BCUT2D eigenvalue weighted by Crippen LogP contribution is -2.30. The van der Waals surface area contributed by atoms with Gasteiger partial charge >= 0.3 is 0 Å². The third-order valence-corrected chi connectivity index (χ3v) is 6.38. The van der Waals surface area contributed by atoms with Gasteiger partial charge in [-0.25, -0.2) is 0 Å². The molecule has 0 atom stereocenters. The van der Waals surface area contributed by atoms with Crippen LogP contribution in [0.2, 0.25) is 0 Å². The van der Waals surface area contributed by atoms with E-state index in [4.69, 9.17) is 0 Å². The number of para-hydroxylation sites is 1. The van der Waals surface area contributed by atoms with E-state index >= 15 is 0 Å². The van der Waals surface area contributed by atoms with E-state index in [-0.39, 0.29) is 11.5 Å². The Hall–Kier alpha value is -2.57. The third kappa shape index (κ3) is 6.45. The number of nitrogens with one attached hydrogen (secondary N) is 1. The van der Waals surface area contributed by atoms with Crippen LogP contribution in [0.5, 0.6) is 0 Å². The summed E-state index contributed by atoms with van der Waals surface area (Å²) >= 11 is 1.43. The van der Waals surface area contributed by atoms with Crippen molar-refractivity contribution in [2.45, 2.75) is 38.3 Å². The fraction of sp³-hybridized carbons (Fsp3) is 0.360. The lowest BCUT2D eigenvalue weighted by Gasteiger charge is -2.20. The minimum absolute atomic E-state index is 0.000130. The largest absolute Gasteiger partial charge is 0.355 e. The normalized spacial score (nSPS) is 11.2. The molecule has 0 aliphatic heterocycles. The van der Waals surface area contributed by atoms with Gasteiger partial charge in [-0.05, 0) is 31.5 Å². The zero-order valence-electron chi connectivity index (χ0n) is 18.3. The summed E-state index contributed by atoms with van der Waals surface area (Å²) in [6.45, 7) is 8.26. The maximum atomic E-state index is 12.4. The molecule has 0 bridgehead atoms. The Morgan fingerprint density at radius 1 is 1.06 bits per heavy atom. The second-order valence-electron chi connectivity index (χ2n) is 7.45. The number of pyridine rings is 1. The SMILES string of the molecule is CCN(CCCNC(=O)CSc1cc(=O)n(CC)c2ccccc12)Cc1ccccc1. The van der Waals surface area contributed by atoms with E-state index in [1.54, 1.807) is 10.6 Å². The molecule has 3 rings (SSSR count). The molecule has 0 saturated carbocycles. The molecule has 31 heavy (non-hydrogen) atoms. The standard InChI is InChI=1S/C25H31N3O2S/c1-3-27(18-20-11-6-5-7-12-20)16-10-15-26-24(29)19-31-23-17-25(30)28(4-2)22-14-9-8-13-21(22)23/h5-9,11-14,17H,3-4,10,15-16,18-19H2,1-2H3,(H,26,29). The van der Waals surface area contributed by atoms with Gasteiger partial charge in [-0.3, -0.25) is 14.5 Å². The van der Waals surface area contributed by atoms with Crippen LogP contribution in [0.15, 0.2) is 70.4 Å². The molecule has 1 N–H and O–H groups in total. The van der Waals surface area contributed by atoms with Crippen molar-refractivity contribution in [2.75, 3.05) is 25.4 Å². The topological polar surface area (TPSA) is 54.3 Å². The number of aromatic nitrogens is 1. The number of carbonyl (C=O) groups excluding carboxylic acids is 1. The molecule has 3 aromatic rings. The molecule has 0 fully saturated rings. The molecule has 0 unspecified atom stereocenters. The molecular weight excluding hydrogens is 406 g/mol. The third-order valence-electron chi connectivity index (χ3n) is 5.33. The summed E-state index contributed by atoms with van der Waals surface area (Å²) in [5.74, 6) is 0.306. The minimum atomic E-state index is -0.0258. The highest BCUT2D eigenvalue weighted by Crippen LogP contribution is 2.26. The van der Waals surface area contributed by atoms with Crippen molar-refractivity contribution < 1.29 is 4.79 Å². The molecule has 0 aliphatic rings. The van der Waals surface area contributed by atoms with E-state index in [2.05, 4.69) is 41.4 Å². The number of hydrogen-bond acceptors (Lipinski definition) is 4. The highest BCUT2D eigenvalue weighted by atomic mass is 32.2. The van der Waals surface area contributed by atoms with Crippen molar-refractivity contribution in [2.24, 2.45) is 0 Å². The number of nitrogens with zero attached hydrogens (tertiary/aromatic N) is 2. The number of carbonyl (C=O) groups is 1. The van der Waals surface area contributed by atoms with Crippen molar-refractivity contribution in [1.29, 1.82) is 0 Å². The van der Waals surface area contributed by atoms with Gasteiger partial charge in [-0.1, -0.05) is 55.5 Å². The number of hydrogen-bond donors (Lipinski definition) is 1. The average Bonchev–Trinajstić information content (AvgIpc) is 2.80. The lowest BCUT2D eigenvalue weighted by molar-refractivity contribution is -0.118. The molecule has 1 amide bonds. The predicted octanol–water partition coefficient (Wildman–Crippen LogP) is 4.14. The van der Waals surface area contributed by atoms with Crippen molar-refractivity contribution in [3.63, 3.8) is 0 Å². The summed E-state index contributed by atoms with van der Waals surface area (Å²) in [5.41, 5.74) is 2.20.